The molecule has 0 bridgehead atoms. The molecule has 3 nitrogen and oxygen atoms in total. The first kappa shape index (κ1) is 8.27. The Balaban J connectivity index is 2.90. The molecule has 4 heteroatoms. The van der Waals surface area contributed by atoms with Crippen molar-refractivity contribution in [2.24, 2.45) is 7.05 Å². The number of nitriles is 1. The molecular weight excluding hydrogens is 230 g/mol. The maximum Gasteiger partial charge on any atom is 0.170 e. The van der Waals surface area contributed by atoms with E-state index in [9.17, 15) is 0 Å². The average Bonchev–Trinajstić information content (AvgIpc) is 2.43. The molecule has 0 N–H and O–H groups in total. The van der Waals surface area contributed by atoms with Crippen molar-refractivity contribution in [2.75, 3.05) is 0 Å². The van der Waals surface area contributed by atoms with E-state index in [0.29, 0.717) is 5.69 Å². The maximum atomic E-state index is 8.78. The number of hydrogen-bond donors (Lipinski definition) is 0. The molecule has 13 heavy (non-hydrogen) atoms. The summed E-state index contributed by atoms with van der Waals surface area (Å²) in [5.41, 5.74) is 1.44. The second-order valence-corrected chi connectivity index (χ2v) is 3.66. The van der Waals surface area contributed by atoms with Crippen molar-refractivity contribution < 1.29 is 0 Å². The van der Waals surface area contributed by atoms with Crippen molar-refractivity contribution in [1.29, 1.82) is 5.26 Å². The molecule has 0 unspecified atom stereocenters. The van der Waals surface area contributed by atoms with Gasteiger partial charge in [0.15, 0.2) is 5.69 Å². The number of hydrogen-bond acceptors (Lipinski definition) is 2. The van der Waals surface area contributed by atoms with Gasteiger partial charge in [0.25, 0.3) is 0 Å². The van der Waals surface area contributed by atoms with Gasteiger partial charge in [-0.3, -0.25) is 4.68 Å². The van der Waals surface area contributed by atoms with E-state index in [2.05, 4.69) is 27.1 Å². The minimum Gasteiger partial charge on any atom is -0.267 e. The summed E-state index contributed by atoms with van der Waals surface area (Å²) < 4.78 is 2.70. The van der Waals surface area contributed by atoms with Gasteiger partial charge in [-0.05, 0) is 18.2 Å². The summed E-state index contributed by atoms with van der Waals surface area (Å²) in [4.78, 5) is 0. The molecule has 1 aromatic carbocycles. The predicted molar refractivity (Wildman–Crippen MR) is 53.1 cm³/mol. The zero-order valence-electron chi connectivity index (χ0n) is 6.95. The maximum absolute atomic E-state index is 8.78. The van der Waals surface area contributed by atoms with Crippen LogP contribution in [0.15, 0.2) is 22.7 Å². The third-order valence-corrected chi connectivity index (χ3v) is 2.41. The molecule has 0 radical (unpaired) electrons. The Labute approximate surface area is 83.7 Å². The highest BCUT2D eigenvalue weighted by Crippen LogP contribution is 2.21. The summed E-state index contributed by atoms with van der Waals surface area (Å²) in [5, 5.41) is 13.8. The van der Waals surface area contributed by atoms with Crippen LogP contribution in [0.2, 0.25) is 0 Å². The van der Waals surface area contributed by atoms with Crippen LogP contribution in [0.25, 0.3) is 10.9 Å². The molecule has 0 aliphatic heterocycles. The van der Waals surface area contributed by atoms with E-state index in [1.807, 2.05) is 25.2 Å². The van der Waals surface area contributed by atoms with Crippen LogP contribution in [0.3, 0.4) is 0 Å². The summed E-state index contributed by atoms with van der Waals surface area (Å²) in [7, 11) is 1.83. The van der Waals surface area contributed by atoms with Gasteiger partial charge in [0.1, 0.15) is 6.07 Å². The van der Waals surface area contributed by atoms with Crippen molar-refractivity contribution in [3.05, 3.63) is 28.4 Å². The molecule has 0 aliphatic carbocycles. The Morgan fingerprint density at radius 1 is 1.54 bits per heavy atom. The smallest absolute Gasteiger partial charge is 0.170 e. The van der Waals surface area contributed by atoms with Crippen molar-refractivity contribution in [3.8, 4) is 6.07 Å². The van der Waals surface area contributed by atoms with Gasteiger partial charge in [-0.2, -0.15) is 10.4 Å². The van der Waals surface area contributed by atoms with E-state index in [1.165, 1.54) is 0 Å². The molecule has 0 saturated heterocycles. The van der Waals surface area contributed by atoms with E-state index in [1.54, 1.807) is 4.68 Å². The van der Waals surface area contributed by atoms with Crippen LogP contribution in [0.4, 0.5) is 0 Å². The van der Waals surface area contributed by atoms with E-state index in [4.69, 9.17) is 5.26 Å². The van der Waals surface area contributed by atoms with Crippen LogP contribution in [-0.2, 0) is 7.05 Å². The Morgan fingerprint density at radius 3 is 3.00 bits per heavy atom. The second-order valence-electron chi connectivity index (χ2n) is 2.75. The van der Waals surface area contributed by atoms with Gasteiger partial charge in [-0.15, -0.1) is 0 Å². The third kappa shape index (κ3) is 1.21. The van der Waals surface area contributed by atoms with Crippen LogP contribution < -0.4 is 0 Å². The largest absolute Gasteiger partial charge is 0.267 e. The number of fused-ring (bicyclic) bond motifs is 1. The lowest BCUT2D eigenvalue weighted by Gasteiger charge is -1.93. The van der Waals surface area contributed by atoms with E-state index < -0.39 is 0 Å². The van der Waals surface area contributed by atoms with Gasteiger partial charge in [-0.1, -0.05) is 15.9 Å². The first-order valence-electron chi connectivity index (χ1n) is 3.75. The SMILES string of the molecule is Cn1nc(C#N)c2ccc(Br)cc21. The van der Waals surface area contributed by atoms with E-state index in [-0.39, 0.29) is 0 Å². The fourth-order valence-corrected chi connectivity index (χ4v) is 1.66. The van der Waals surface area contributed by atoms with Gasteiger partial charge in [0, 0.05) is 16.9 Å². The molecule has 0 amide bonds. The lowest BCUT2D eigenvalue weighted by Crippen LogP contribution is -1.89. The highest BCUT2D eigenvalue weighted by molar-refractivity contribution is 9.10. The second kappa shape index (κ2) is 2.86. The fourth-order valence-electron chi connectivity index (χ4n) is 1.31. The van der Waals surface area contributed by atoms with Gasteiger partial charge >= 0.3 is 0 Å². The third-order valence-electron chi connectivity index (χ3n) is 1.92. The van der Waals surface area contributed by atoms with Gasteiger partial charge in [0.2, 0.25) is 0 Å². The van der Waals surface area contributed by atoms with Crippen molar-refractivity contribution in [1.82, 2.24) is 9.78 Å². The van der Waals surface area contributed by atoms with Crippen LogP contribution in [0.1, 0.15) is 5.69 Å². The average molecular weight is 236 g/mol. The Kier molecular flexibility index (Phi) is 1.82. The molecule has 0 aliphatic rings. The summed E-state index contributed by atoms with van der Waals surface area (Å²) in [5.74, 6) is 0. The number of aromatic nitrogens is 2. The number of halogens is 1. The van der Waals surface area contributed by atoms with Crippen LogP contribution in [-0.4, -0.2) is 9.78 Å². The van der Waals surface area contributed by atoms with Crippen LogP contribution in [0, 0.1) is 11.3 Å². The van der Waals surface area contributed by atoms with E-state index >= 15 is 0 Å². The molecule has 64 valence electrons. The lowest BCUT2D eigenvalue weighted by molar-refractivity contribution is 0.791. The number of benzene rings is 1. The zero-order valence-corrected chi connectivity index (χ0v) is 8.54. The molecule has 0 atom stereocenters. The summed E-state index contributed by atoms with van der Waals surface area (Å²) >= 11 is 3.37. The molecule has 2 rings (SSSR count). The zero-order chi connectivity index (χ0) is 9.42. The quantitative estimate of drug-likeness (QED) is 0.703. The van der Waals surface area contributed by atoms with Gasteiger partial charge < -0.3 is 0 Å². The Morgan fingerprint density at radius 2 is 2.31 bits per heavy atom. The van der Waals surface area contributed by atoms with Gasteiger partial charge in [0.05, 0.1) is 5.52 Å². The predicted octanol–water partition coefficient (Wildman–Crippen LogP) is 2.21. The molecule has 0 saturated carbocycles. The van der Waals surface area contributed by atoms with Gasteiger partial charge in [-0.25, -0.2) is 0 Å². The molecular formula is C9H6BrN3. The molecule has 1 aromatic heterocycles. The Hall–Kier alpha value is -1.34. The van der Waals surface area contributed by atoms with Crippen molar-refractivity contribution in [2.45, 2.75) is 0 Å². The molecule has 0 fully saturated rings. The summed E-state index contributed by atoms with van der Waals surface area (Å²) in [6.45, 7) is 0. The van der Waals surface area contributed by atoms with Crippen LogP contribution in [0.5, 0.6) is 0 Å². The monoisotopic (exact) mass is 235 g/mol. The van der Waals surface area contributed by atoms with Crippen LogP contribution >= 0.6 is 15.9 Å². The normalized spacial score (nSPS) is 10.2. The topological polar surface area (TPSA) is 41.6 Å². The molecule has 1 heterocycles. The first-order chi connectivity index (χ1) is 6.22. The highest BCUT2D eigenvalue weighted by Gasteiger charge is 2.06. The molecule has 0 spiro atoms. The van der Waals surface area contributed by atoms with E-state index in [0.717, 1.165) is 15.4 Å². The standard InChI is InChI=1S/C9H6BrN3/c1-13-9-4-6(10)2-3-7(9)8(5-11)12-13/h2-4H,1H3. The number of nitrogens with zero attached hydrogens (tertiary/aromatic N) is 3. The number of aryl methyl sites for hydroxylation is 1. The minimum absolute atomic E-state index is 0.477. The van der Waals surface area contributed by atoms with Crippen molar-refractivity contribution in [3.63, 3.8) is 0 Å². The summed E-state index contributed by atoms with van der Waals surface area (Å²) in [6.07, 6.45) is 0. The van der Waals surface area contributed by atoms with Crippen molar-refractivity contribution >= 4 is 26.8 Å². The minimum atomic E-state index is 0.477. The number of rotatable bonds is 0. The fraction of sp³-hybridized carbons (Fsp3) is 0.111. The highest BCUT2D eigenvalue weighted by atomic mass is 79.9. The first-order valence-corrected chi connectivity index (χ1v) is 4.54. The lowest BCUT2D eigenvalue weighted by atomic mass is 10.2. The Bertz CT molecular complexity index is 507. The molecule has 2 aromatic rings. The summed E-state index contributed by atoms with van der Waals surface area (Å²) in [6, 6.07) is 7.81.